The molecule has 9 heteroatoms. The molecular weight excluding hydrogens is 383 g/mol. The minimum absolute atomic E-state index is 0.120. The maximum absolute atomic E-state index is 13.4. The first-order valence-corrected chi connectivity index (χ1v) is 9.86. The second-order valence-electron chi connectivity index (χ2n) is 8.20. The van der Waals surface area contributed by atoms with Crippen molar-refractivity contribution in [2.24, 2.45) is 17.6 Å². The van der Waals surface area contributed by atoms with Gasteiger partial charge in [-0.05, 0) is 43.2 Å². The summed E-state index contributed by atoms with van der Waals surface area (Å²) in [6.45, 7) is 3.21. The average molecular weight is 407 g/mol. The number of piperidine rings is 1. The highest BCUT2D eigenvalue weighted by Crippen LogP contribution is 2.37. The van der Waals surface area contributed by atoms with E-state index in [-0.39, 0.29) is 34.8 Å². The van der Waals surface area contributed by atoms with Crippen molar-refractivity contribution in [1.82, 2.24) is 15.3 Å². The Morgan fingerprint density at radius 2 is 1.90 bits per heavy atom. The number of nitrogens with two attached hydrogens (primary N) is 1. The number of nitrogens with zero attached hydrogens (tertiary/aromatic N) is 3. The standard InChI is InChI=1S/C20H24F3N5O/c1-11-8-13(27-19(29)16(24)12-2-3-12)10-28(9-11)15-5-4-14(20(21,22)23)17-18(15)26-7-6-25-17/h4-7,11-13,16H,2-3,8-10,24H2,1H3,(H,27,29). The van der Waals surface area contributed by atoms with Crippen molar-refractivity contribution < 1.29 is 18.0 Å². The zero-order chi connectivity index (χ0) is 20.8. The van der Waals surface area contributed by atoms with Gasteiger partial charge in [0, 0.05) is 31.5 Å². The third-order valence-electron chi connectivity index (χ3n) is 5.69. The monoisotopic (exact) mass is 407 g/mol. The Bertz CT molecular complexity index is 915. The second-order valence-corrected chi connectivity index (χ2v) is 8.20. The van der Waals surface area contributed by atoms with Crippen LogP contribution in [0.2, 0.25) is 0 Å². The lowest BCUT2D eigenvalue weighted by Crippen LogP contribution is -2.54. The molecule has 2 heterocycles. The lowest BCUT2D eigenvalue weighted by Gasteiger charge is -2.39. The normalized spacial score (nSPS) is 23.8. The van der Waals surface area contributed by atoms with Crippen molar-refractivity contribution in [3.8, 4) is 0 Å². The maximum Gasteiger partial charge on any atom is 0.418 e. The lowest BCUT2D eigenvalue weighted by atomic mass is 9.94. The summed E-state index contributed by atoms with van der Waals surface area (Å²) in [7, 11) is 0. The molecule has 1 saturated heterocycles. The lowest BCUT2D eigenvalue weighted by molar-refractivity contribution is -0.136. The van der Waals surface area contributed by atoms with Gasteiger partial charge in [-0.1, -0.05) is 6.92 Å². The molecule has 1 aromatic carbocycles. The summed E-state index contributed by atoms with van der Waals surface area (Å²) in [4.78, 5) is 22.5. The molecule has 6 nitrogen and oxygen atoms in total. The summed E-state index contributed by atoms with van der Waals surface area (Å²) in [5.41, 5.74) is 5.86. The molecule has 1 aromatic heterocycles. The Balaban J connectivity index is 1.60. The number of hydrogen-bond acceptors (Lipinski definition) is 5. The molecule has 156 valence electrons. The number of amides is 1. The Morgan fingerprint density at radius 3 is 2.55 bits per heavy atom. The highest BCUT2D eigenvalue weighted by atomic mass is 19.4. The van der Waals surface area contributed by atoms with Crippen LogP contribution in [0.5, 0.6) is 0 Å². The Morgan fingerprint density at radius 1 is 1.21 bits per heavy atom. The number of benzene rings is 1. The molecule has 3 atom stereocenters. The Labute approximate surface area is 166 Å². The second kappa shape index (κ2) is 7.44. The van der Waals surface area contributed by atoms with Gasteiger partial charge in [-0.15, -0.1) is 0 Å². The number of carbonyl (C=O) groups excluding carboxylic acids is 1. The number of rotatable bonds is 4. The number of anilines is 1. The highest BCUT2D eigenvalue weighted by molar-refractivity contribution is 5.91. The molecule has 29 heavy (non-hydrogen) atoms. The van der Waals surface area contributed by atoms with E-state index in [2.05, 4.69) is 22.2 Å². The molecule has 1 aliphatic carbocycles. The maximum atomic E-state index is 13.4. The zero-order valence-corrected chi connectivity index (χ0v) is 16.1. The molecule has 0 spiro atoms. The molecule has 2 fully saturated rings. The number of carbonyl (C=O) groups is 1. The fourth-order valence-corrected chi connectivity index (χ4v) is 4.15. The Hall–Kier alpha value is -2.42. The predicted octanol–water partition coefficient (Wildman–Crippen LogP) is 2.72. The van der Waals surface area contributed by atoms with Crippen LogP contribution in [0.25, 0.3) is 11.0 Å². The quantitative estimate of drug-likeness (QED) is 0.814. The van der Waals surface area contributed by atoms with Crippen molar-refractivity contribution in [1.29, 1.82) is 0 Å². The van der Waals surface area contributed by atoms with Crippen LogP contribution in [0.4, 0.5) is 18.9 Å². The third-order valence-corrected chi connectivity index (χ3v) is 5.69. The molecule has 2 aliphatic rings. The SMILES string of the molecule is CC1CC(NC(=O)C(N)C2CC2)CN(c2ccc(C(F)(F)F)c3nccnc23)C1. The Kier molecular flexibility index (Phi) is 5.10. The zero-order valence-electron chi connectivity index (χ0n) is 16.1. The number of fused-ring (bicyclic) bond motifs is 1. The fraction of sp³-hybridized carbons (Fsp3) is 0.550. The summed E-state index contributed by atoms with van der Waals surface area (Å²) in [6, 6.07) is 1.90. The van der Waals surface area contributed by atoms with Crippen molar-refractivity contribution >= 4 is 22.6 Å². The van der Waals surface area contributed by atoms with Gasteiger partial charge in [0.15, 0.2) is 0 Å². The van der Waals surface area contributed by atoms with Crippen molar-refractivity contribution in [2.45, 2.75) is 44.4 Å². The van der Waals surface area contributed by atoms with E-state index in [0.717, 1.165) is 25.3 Å². The summed E-state index contributed by atoms with van der Waals surface area (Å²) < 4.78 is 40.1. The van der Waals surface area contributed by atoms with E-state index in [1.54, 1.807) is 0 Å². The van der Waals surface area contributed by atoms with Gasteiger partial charge in [0.05, 0.1) is 17.3 Å². The number of halogens is 3. The van der Waals surface area contributed by atoms with Gasteiger partial charge in [-0.3, -0.25) is 14.8 Å². The van der Waals surface area contributed by atoms with Crippen LogP contribution < -0.4 is 16.0 Å². The van der Waals surface area contributed by atoms with E-state index in [0.29, 0.717) is 18.8 Å². The van der Waals surface area contributed by atoms with E-state index in [4.69, 9.17) is 5.73 Å². The van der Waals surface area contributed by atoms with Gasteiger partial charge < -0.3 is 16.0 Å². The smallest absolute Gasteiger partial charge is 0.367 e. The fourth-order valence-electron chi connectivity index (χ4n) is 4.15. The average Bonchev–Trinajstić information content (AvgIpc) is 3.50. The number of hydrogen-bond donors (Lipinski definition) is 2. The van der Waals surface area contributed by atoms with Crippen LogP contribution in [0.3, 0.4) is 0 Å². The molecule has 3 N–H and O–H groups in total. The first-order valence-electron chi connectivity index (χ1n) is 9.86. The minimum atomic E-state index is -4.50. The molecule has 0 radical (unpaired) electrons. The molecule has 1 amide bonds. The van der Waals surface area contributed by atoms with Crippen LogP contribution in [0.15, 0.2) is 24.5 Å². The number of nitrogens with one attached hydrogen (secondary N) is 1. The first kappa shape index (κ1) is 19.9. The third kappa shape index (κ3) is 4.14. The highest BCUT2D eigenvalue weighted by Gasteiger charge is 2.37. The van der Waals surface area contributed by atoms with E-state index in [9.17, 15) is 18.0 Å². The van der Waals surface area contributed by atoms with Crippen LogP contribution in [-0.2, 0) is 11.0 Å². The molecular formula is C20H24F3N5O. The van der Waals surface area contributed by atoms with Gasteiger partial charge in [-0.25, -0.2) is 0 Å². The molecule has 2 aromatic rings. The molecule has 1 aliphatic heterocycles. The van der Waals surface area contributed by atoms with E-state index in [1.165, 1.54) is 18.5 Å². The van der Waals surface area contributed by atoms with Gasteiger partial charge >= 0.3 is 6.18 Å². The number of aromatic nitrogens is 2. The van der Waals surface area contributed by atoms with Gasteiger partial charge in [0.1, 0.15) is 11.0 Å². The summed E-state index contributed by atoms with van der Waals surface area (Å²) in [5, 5.41) is 3.03. The van der Waals surface area contributed by atoms with Crippen LogP contribution >= 0.6 is 0 Å². The topological polar surface area (TPSA) is 84.1 Å². The minimum Gasteiger partial charge on any atom is -0.367 e. The predicted molar refractivity (Wildman–Crippen MR) is 103 cm³/mol. The van der Waals surface area contributed by atoms with Crippen LogP contribution in [-0.4, -0.2) is 41.0 Å². The van der Waals surface area contributed by atoms with Crippen LogP contribution in [0, 0.1) is 11.8 Å². The van der Waals surface area contributed by atoms with Crippen molar-refractivity contribution in [2.75, 3.05) is 18.0 Å². The molecule has 0 bridgehead atoms. The van der Waals surface area contributed by atoms with E-state index < -0.39 is 17.8 Å². The van der Waals surface area contributed by atoms with Crippen LogP contribution in [0.1, 0.15) is 31.7 Å². The van der Waals surface area contributed by atoms with Gasteiger partial charge in [0.2, 0.25) is 5.91 Å². The van der Waals surface area contributed by atoms with Gasteiger partial charge in [-0.2, -0.15) is 13.2 Å². The van der Waals surface area contributed by atoms with E-state index in [1.807, 2.05) is 4.90 Å². The summed E-state index contributed by atoms with van der Waals surface area (Å²) in [6.07, 6.45) is 0.924. The first-order chi connectivity index (χ1) is 13.7. The molecule has 3 unspecified atom stereocenters. The van der Waals surface area contributed by atoms with Crippen molar-refractivity contribution in [3.63, 3.8) is 0 Å². The summed E-state index contributed by atoms with van der Waals surface area (Å²) >= 11 is 0. The van der Waals surface area contributed by atoms with Gasteiger partial charge in [0.25, 0.3) is 0 Å². The molecule has 1 saturated carbocycles. The van der Waals surface area contributed by atoms with E-state index >= 15 is 0 Å². The summed E-state index contributed by atoms with van der Waals surface area (Å²) in [5.74, 6) is 0.366. The van der Waals surface area contributed by atoms with Crippen molar-refractivity contribution in [3.05, 3.63) is 30.1 Å². The largest absolute Gasteiger partial charge is 0.418 e. The number of alkyl halides is 3. The molecule has 4 rings (SSSR count).